The van der Waals surface area contributed by atoms with E-state index >= 15 is 0 Å². The van der Waals surface area contributed by atoms with Crippen molar-refractivity contribution in [3.63, 3.8) is 0 Å². The Morgan fingerprint density at radius 3 is 1.70 bits per heavy atom. The Balaban J connectivity index is -0.000000245. The first-order valence-electron chi connectivity index (χ1n) is 2.82. The van der Waals surface area contributed by atoms with Crippen molar-refractivity contribution < 1.29 is 10.2 Å². The van der Waals surface area contributed by atoms with Crippen LogP contribution in [0.2, 0.25) is 0 Å². The molecular weight excluding hydrogens is 152 g/mol. The molecule has 0 radical (unpaired) electrons. The Bertz CT molecular complexity index is 66.5. The lowest BCUT2D eigenvalue weighted by atomic mass is 10.0. The van der Waals surface area contributed by atoms with Crippen molar-refractivity contribution in [3.05, 3.63) is 0 Å². The molecule has 10 heavy (non-hydrogen) atoms. The molecule has 66 valence electrons. The summed E-state index contributed by atoms with van der Waals surface area (Å²) in [4.78, 5) is 0. The highest BCUT2D eigenvalue weighted by molar-refractivity contribution is 5.85. The molecule has 0 aromatic rings. The van der Waals surface area contributed by atoms with E-state index in [9.17, 15) is 0 Å². The molecule has 0 saturated heterocycles. The first-order chi connectivity index (χ1) is 3.42. The molecule has 0 saturated carbocycles. The topological polar surface area (TPSA) is 40.5 Å². The number of hydrogen-bond donors (Lipinski definition) is 2. The number of hydrogen-bond acceptors (Lipinski definition) is 2. The molecule has 0 heterocycles. The predicted molar refractivity (Wildman–Crippen MR) is 46.6 cm³/mol. The largest absolute Gasteiger partial charge is 0.393 e. The maximum absolute atomic E-state index is 9.03. The van der Waals surface area contributed by atoms with Gasteiger partial charge in [0.1, 0.15) is 0 Å². The summed E-state index contributed by atoms with van der Waals surface area (Å²) in [6.45, 7) is 5.03. The Morgan fingerprint density at radius 2 is 1.70 bits per heavy atom. The highest BCUT2D eigenvalue weighted by Crippen LogP contribution is 2.09. The highest BCUT2D eigenvalue weighted by atomic mass is 35.5. The highest BCUT2D eigenvalue weighted by Gasteiger charge is 2.14. The summed E-state index contributed by atoms with van der Waals surface area (Å²) in [5.74, 6) is 0. The summed E-state index contributed by atoms with van der Waals surface area (Å²) in [5, 5.41) is 17.8. The van der Waals surface area contributed by atoms with Crippen LogP contribution in [-0.4, -0.2) is 21.9 Å². The Labute approximate surface area is 69.7 Å². The number of rotatable bonds is 2. The van der Waals surface area contributed by atoms with Gasteiger partial charge in [-0.05, 0) is 20.8 Å². The van der Waals surface area contributed by atoms with E-state index in [1.807, 2.05) is 0 Å². The minimum atomic E-state index is -0.728. The van der Waals surface area contributed by atoms with Crippen LogP contribution in [0.15, 0.2) is 0 Å². The molecule has 0 rings (SSSR count). The second-order valence-electron chi connectivity index (χ2n) is 2.87. The summed E-state index contributed by atoms with van der Waals surface area (Å²) in [6.07, 6.45) is 0.0301. The lowest BCUT2D eigenvalue weighted by Gasteiger charge is -2.17. The molecule has 2 nitrogen and oxygen atoms in total. The van der Waals surface area contributed by atoms with Gasteiger partial charge in [0.05, 0.1) is 11.7 Å². The minimum Gasteiger partial charge on any atom is -0.393 e. The smallest absolute Gasteiger partial charge is 0.0616 e. The molecule has 0 aliphatic rings. The fourth-order valence-electron chi connectivity index (χ4n) is 0.723. The molecule has 2 N–H and O–H groups in total. The molecule has 0 bridgehead atoms. The average Bonchev–Trinajstić information content (AvgIpc) is 1.21. The second-order valence-corrected chi connectivity index (χ2v) is 2.87. The predicted octanol–water partition coefficient (Wildman–Crippen LogP) is 1.59. The van der Waals surface area contributed by atoms with Crippen LogP contribution in [0.5, 0.6) is 0 Å². The molecule has 0 aromatic heterocycles. The van der Waals surface area contributed by atoms with Crippen molar-refractivity contribution >= 4 is 12.4 Å². The van der Waals surface area contributed by atoms with Gasteiger partial charge in [-0.25, -0.2) is 0 Å². The Kier molecular flexibility index (Phi) is 9.92. The van der Waals surface area contributed by atoms with Crippen LogP contribution < -0.4 is 0 Å². The Morgan fingerprint density at radius 1 is 1.40 bits per heavy atom. The summed E-state index contributed by atoms with van der Waals surface area (Å²) in [7, 11) is 0. The standard InChI is InChI=1S/C6H14O2.CH4.ClH/c1-5(7)4-6(2,3)8;;/h5,7-8H,4H2,1-3H3;1H4;1H. The minimum absolute atomic E-state index is 0. The fraction of sp³-hybridized carbons (Fsp3) is 1.00. The van der Waals surface area contributed by atoms with Crippen LogP contribution in [0.25, 0.3) is 0 Å². The first kappa shape index (κ1) is 16.7. The molecule has 0 fully saturated rings. The zero-order chi connectivity index (χ0) is 6.78. The van der Waals surface area contributed by atoms with E-state index in [1.54, 1.807) is 20.8 Å². The van der Waals surface area contributed by atoms with E-state index < -0.39 is 11.7 Å². The molecular formula is C7H19ClO2. The van der Waals surface area contributed by atoms with Gasteiger partial charge in [0.2, 0.25) is 0 Å². The fourth-order valence-corrected chi connectivity index (χ4v) is 0.723. The van der Waals surface area contributed by atoms with Gasteiger partial charge in [0, 0.05) is 6.42 Å². The second kappa shape index (κ2) is 5.96. The van der Waals surface area contributed by atoms with E-state index in [4.69, 9.17) is 10.2 Å². The van der Waals surface area contributed by atoms with Crippen LogP contribution in [0, 0.1) is 0 Å². The van der Waals surface area contributed by atoms with Gasteiger partial charge < -0.3 is 10.2 Å². The molecule has 1 unspecified atom stereocenters. The lowest BCUT2D eigenvalue weighted by molar-refractivity contribution is 0.0249. The molecule has 1 atom stereocenters. The van der Waals surface area contributed by atoms with Crippen molar-refractivity contribution in [3.8, 4) is 0 Å². The van der Waals surface area contributed by atoms with Crippen molar-refractivity contribution in [2.24, 2.45) is 0 Å². The van der Waals surface area contributed by atoms with Gasteiger partial charge in [0.25, 0.3) is 0 Å². The quantitative estimate of drug-likeness (QED) is 0.661. The summed E-state index contributed by atoms with van der Waals surface area (Å²) >= 11 is 0. The zero-order valence-corrected chi connectivity index (χ0v) is 6.90. The average molecular weight is 171 g/mol. The lowest BCUT2D eigenvalue weighted by Crippen LogP contribution is -2.24. The SMILES string of the molecule is C.CC(O)CC(C)(C)O.Cl. The van der Waals surface area contributed by atoms with Crippen LogP contribution >= 0.6 is 12.4 Å². The third-order valence-electron chi connectivity index (χ3n) is 0.795. The van der Waals surface area contributed by atoms with Crippen molar-refractivity contribution in [2.75, 3.05) is 0 Å². The summed E-state index contributed by atoms with van der Waals surface area (Å²) in [5.41, 5.74) is -0.728. The van der Waals surface area contributed by atoms with Crippen molar-refractivity contribution in [1.82, 2.24) is 0 Å². The third-order valence-corrected chi connectivity index (χ3v) is 0.795. The van der Waals surface area contributed by atoms with Crippen molar-refractivity contribution in [1.29, 1.82) is 0 Å². The number of aliphatic hydroxyl groups excluding tert-OH is 1. The van der Waals surface area contributed by atoms with Gasteiger partial charge in [-0.15, -0.1) is 12.4 Å². The summed E-state index contributed by atoms with van der Waals surface area (Å²) < 4.78 is 0. The third kappa shape index (κ3) is 15.7. The van der Waals surface area contributed by atoms with Gasteiger partial charge in [-0.1, -0.05) is 7.43 Å². The molecule has 0 aliphatic carbocycles. The normalized spacial score (nSPS) is 12.9. The van der Waals surface area contributed by atoms with Gasteiger partial charge in [-0.3, -0.25) is 0 Å². The Hall–Kier alpha value is 0.210. The summed E-state index contributed by atoms with van der Waals surface area (Å²) in [6, 6.07) is 0. The molecule has 0 amide bonds. The van der Waals surface area contributed by atoms with E-state index in [1.165, 1.54) is 0 Å². The van der Waals surface area contributed by atoms with Crippen LogP contribution in [0.1, 0.15) is 34.6 Å². The van der Waals surface area contributed by atoms with Gasteiger partial charge in [-0.2, -0.15) is 0 Å². The number of halogens is 1. The van der Waals surface area contributed by atoms with Crippen LogP contribution in [-0.2, 0) is 0 Å². The molecule has 0 spiro atoms. The zero-order valence-electron chi connectivity index (χ0n) is 6.09. The van der Waals surface area contributed by atoms with Crippen molar-refractivity contribution in [2.45, 2.75) is 46.3 Å². The van der Waals surface area contributed by atoms with E-state index in [0.29, 0.717) is 6.42 Å². The molecule has 0 aliphatic heterocycles. The van der Waals surface area contributed by atoms with Gasteiger partial charge in [0.15, 0.2) is 0 Å². The van der Waals surface area contributed by atoms with E-state index in [0.717, 1.165) is 0 Å². The van der Waals surface area contributed by atoms with E-state index in [2.05, 4.69) is 0 Å². The molecule has 3 heteroatoms. The first-order valence-corrected chi connectivity index (χ1v) is 2.82. The maximum atomic E-state index is 9.03. The van der Waals surface area contributed by atoms with Gasteiger partial charge >= 0.3 is 0 Å². The monoisotopic (exact) mass is 170 g/mol. The maximum Gasteiger partial charge on any atom is 0.0616 e. The number of aliphatic hydroxyl groups is 2. The molecule has 0 aromatic carbocycles. The van der Waals surface area contributed by atoms with Crippen LogP contribution in [0.4, 0.5) is 0 Å². The van der Waals surface area contributed by atoms with E-state index in [-0.39, 0.29) is 19.8 Å². The van der Waals surface area contributed by atoms with Crippen LogP contribution in [0.3, 0.4) is 0 Å².